The number of imidazole rings is 1. The third-order valence-electron chi connectivity index (χ3n) is 12.8. The van der Waals surface area contributed by atoms with E-state index in [9.17, 15) is 72.9 Å². The molecule has 0 aliphatic rings. The lowest BCUT2D eigenvalue weighted by Gasteiger charge is -2.29. The van der Waals surface area contributed by atoms with Gasteiger partial charge >= 0.3 is 11.9 Å². The Kier molecular flexibility index (Phi) is 31.1. The number of H-pyrrole nitrogens is 1. The molecule has 22 N–H and O–H groups in total. The number of aromatic amines is 1. The minimum atomic E-state index is -1.74. The van der Waals surface area contributed by atoms with Crippen LogP contribution in [0.25, 0.3) is 0 Å². The predicted octanol–water partition coefficient (Wildman–Crippen LogP) is -3.22. The Labute approximate surface area is 492 Å². The number of benzene rings is 1. The minimum absolute atomic E-state index is 0.00615. The molecule has 10 amide bonds. The number of rotatable bonds is 40. The Bertz CT molecular complexity index is 2610. The lowest BCUT2D eigenvalue weighted by Crippen LogP contribution is -2.61. The van der Waals surface area contributed by atoms with Gasteiger partial charge in [0.05, 0.1) is 12.4 Å². The van der Waals surface area contributed by atoms with Crippen molar-refractivity contribution in [3.63, 3.8) is 0 Å². The van der Waals surface area contributed by atoms with Crippen molar-refractivity contribution in [1.82, 2.24) is 52.5 Å². The van der Waals surface area contributed by atoms with Crippen LogP contribution in [0.3, 0.4) is 0 Å². The van der Waals surface area contributed by atoms with Crippen LogP contribution in [0.4, 0.5) is 0 Å². The van der Waals surface area contributed by atoms with Crippen LogP contribution < -0.4 is 71.2 Å². The van der Waals surface area contributed by atoms with Crippen molar-refractivity contribution >= 4 is 77.0 Å². The summed E-state index contributed by atoms with van der Waals surface area (Å²) in [5.74, 6) is -12.8. The first kappa shape index (κ1) is 72.2. The quantitative estimate of drug-likeness (QED) is 0.0177. The third-order valence-corrected chi connectivity index (χ3v) is 12.8. The molecule has 0 bridgehead atoms. The van der Waals surface area contributed by atoms with Gasteiger partial charge in [-0.1, -0.05) is 53.7 Å². The van der Waals surface area contributed by atoms with Gasteiger partial charge in [0.1, 0.15) is 54.1 Å². The number of primary amides is 2. The van der Waals surface area contributed by atoms with Gasteiger partial charge in [-0.2, -0.15) is 0 Å². The molecule has 0 radical (unpaired) electrons. The summed E-state index contributed by atoms with van der Waals surface area (Å²) >= 11 is 0. The van der Waals surface area contributed by atoms with E-state index in [1.807, 2.05) is 0 Å². The Morgan fingerprint density at radius 3 is 1.32 bits per heavy atom. The molecule has 472 valence electrons. The third kappa shape index (κ3) is 28.8. The molecule has 2 aromatic rings. The summed E-state index contributed by atoms with van der Waals surface area (Å²) in [7, 11) is 0. The summed E-state index contributed by atoms with van der Waals surface area (Å²) in [6.45, 7) is 10.6. The number of hydrogen-bond acceptors (Lipinski definition) is 16. The van der Waals surface area contributed by atoms with E-state index in [1.165, 1.54) is 36.8 Å². The smallest absolute Gasteiger partial charge is 0.326 e. The summed E-state index contributed by atoms with van der Waals surface area (Å²) in [5, 5.41) is 49.9. The van der Waals surface area contributed by atoms with E-state index in [2.05, 4.69) is 57.5 Å². The van der Waals surface area contributed by atoms with Crippen molar-refractivity contribution in [2.45, 2.75) is 179 Å². The molecule has 0 aliphatic heterocycles. The van der Waals surface area contributed by atoms with E-state index < -0.39 is 151 Å². The molecule has 2 rings (SSSR count). The fourth-order valence-electron chi connectivity index (χ4n) is 8.48. The van der Waals surface area contributed by atoms with E-state index in [-0.39, 0.29) is 99.5 Å². The largest absolute Gasteiger partial charge is 0.508 e. The van der Waals surface area contributed by atoms with Crippen molar-refractivity contribution in [1.29, 1.82) is 0 Å². The molecular weight excluding hydrogens is 1110 g/mol. The number of carboxylic acids is 2. The molecular formula is C54H86N16O15. The van der Waals surface area contributed by atoms with Gasteiger partial charge in [0.15, 0.2) is 5.96 Å². The molecule has 0 aliphatic carbocycles. The van der Waals surface area contributed by atoms with Gasteiger partial charge in [-0.25, -0.2) is 9.78 Å². The number of aromatic nitrogens is 2. The highest BCUT2D eigenvalue weighted by Crippen LogP contribution is 2.16. The molecule has 1 heterocycles. The molecule has 1 aromatic carbocycles. The van der Waals surface area contributed by atoms with Crippen LogP contribution in [-0.2, 0) is 70.4 Å². The van der Waals surface area contributed by atoms with Crippen LogP contribution in [0.15, 0.2) is 41.8 Å². The molecule has 31 nitrogen and oxygen atoms in total. The van der Waals surface area contributed by atoms with E-state index in [0.717, 1.165) is 0 Å². The number of aliphatic carboxylic acids is 2. The molecule has 85 heavy (non-hydrogen) atoms. The van der Waals surface area contributed by atoms with Crippen molar-refractivity contribution in [3.05, 3.63) is 48.0 Å². The van der Waals surface area contributed by atoms with Crippen LogP contribution in [-0.4, -0.2) is 163 Å². The van der Waals surface area contributed by atoms with Crippen LogP contribution in [0.5, 0.6) is 5.75 Å². The highest BCUT2D eigenvalue weighted by molar-refractivity contribution is 5.98. The maximum Gasteiger partial charge on any atom is 0.326 e. The number of nitrogens with zero attached hydrogens (tertiary/aromatic N) is 2. The molecule has 0 saturated carbocycles. The molecule has 0 saturated heterocycles. The van der Waals surface area contributed by atoms with Gasteiger partial charge in [-0.05, 0) is 86.8 Å². The number of nitrogens with one attached hydrogen (secondary N) is 9. The Morgan fingerprint density at radius 2 is 0.894 bits per heavy atom. The number of carbonyl (C=O) groups is 12. The maximum absolute atomic E-state index is 14.5. The lowest BCUT2D eigenvalue weighted by molar-refractivity contribution is -0.143. The van der Waals surface area contributed by atoms with Gasteiger partial charge in [0.25, 0.3) is 0 Å². The maximum atomic E-state index is 14.5. The second-order valence-corrected chi connectivity index (χ2v) is 21.9. The summed E-state index contributed by atoms with van der Waals surface area (Å²) in [4.78, 5) is 170. The molecule has 0 fully saturated rings. The summed E-state index contributed by atoms with van der Waals surface area (Å²) < 4.78 is 0. The first-order valence-corrected chi connectivity index (χ1v) is 27.9. The van der Waals surface area contributed by atoms with Crippen LogP contribution in [0, 0.1) is 17.8 Å². The van der Waals surface area contributed by atoms with E-state index >= 15 is 0 Å². The summed E-state index contributed by atoms with van der Waals surface area (Å²) in [6, 6.07) is -7.61. The first-order valence-electron chi connectivity index (χ1n) is 27.9. The molecule has 0 spiro atoms. The first-order chi connectivity index (χ1) is 39.8. The minimum Gasteiger partial charge on any atom is -0.508 e. The van der Waals surface area contributed by atoms with Gasteiger partial charge < -0.3 is 91.5 Å². The van der Waals surface area contributed by atoms with Crippen molar-refractivity contribution in [2.75, 3.05) is 6.54 Å². The summed E-state index contributed by atoms with van der Waals surface area (Å²) in [6.07, 6.45) is -0.395. The van der Waals surface area contributed by atoms with Crippen molar-refractivity contribution in [2.24, 2.45) is 51.4 Å². The number of nitrogens with two attached hydrogens (primary N) is 5. The Hall–Kier alpha value is -8.90. The zero-order valence-electron chi connectivity index (χ0n) is 48.8. The lowest BCUT2D eigenvalue weighted by atomic mass is 9.98. The molecule has 0 unspecified atom stereocenters. The second kappa shape index (κ2) is 36.6. The number of aliphatic imine (C=N–C) groups is 1. The van der Waals surface area contributed by atoms with Gasteiger partial charge in [-0.3, -0.25) is 57.7 Å². The molecule has 9 atom stereocenters. The number of guanidine groups is 1. The Balaban J connectivity index is 2.56. The van der Waals surface area contributed by atoms with E-state index in [0.29, 0.717) is 5.56 Å². The van der Waals surface area contributed by atoms with E-state index in [4.69, 9.17) is 28.7 Å². The fraction of sp³-hybridized carbons (Fsp3) is 0.593. The van der Waals surface area contributed by atoms with Crippen molar-refractivity contribution in [3.8, 4) is 5.75 Å². The summed E-state index contributed by atoms with van der Waals surface area (Å²) in [5.41, 5.74) is 28.1. The fourth-order valence-corrected chi connectivity index (χ4v) is 8.48. The number of aromatic hydroxyl groups is 1. The highest BCUT2D eigenvalue weighted by atomic mass is 16.4. The Morgan fingerprint density at radius 1 is 0.506 bits per heavy atom. The predicted molar refractivity (Wildman–Crippen MR) is 307 cm³/mol. The van der Waals surface area contributed by atoms with Crippen LogP contribution >= 0.6 is 0 Å². The average molecular weight is 1200 g/mol. The SMILES string of the molecule is CC(C)C[C@H](NC(=O)[C@H](CC(C)C)NC(=O)[C@H](CC(C)C)NC(=O)[C@@H](N)CCC(N)=O)C(=O)N[C@@H](CCCN=C(N)N)C(=O)N[C@@H](CCC(=O)O)C(=O)N[C@@H](Cc1cnc[nH]1)C(=O)N[C@@H](Cc1ccc(O)cc1)C(=O)N[C@@H](CCC(N)=O)C(=O)O. The number of carboxylic acid groups (broad SMARTS) is 2. The number of amides is 10. The monoisotopic (exact) mass is 1200 g/mol. The number of phenols is 1. The van der Waals surface area contributed by atoms with E-state index in [1.54, 1.807) is 41.5 Å². The van der Waals surface area contributed by atoms with Gasteiger partial charge in [-0.15, -0.1) is 0 Å². The molecule has 31 heteroatoms. The topological polar surface area (TPSA) is 533 Å². The van der Waals surface area contributed by atoms with Gasteiger partial charge in [0, 0.05) is 50.5 Å². The van der Waals surface area contributed by atoms with Crippen molar-refractivity contribution < 1.29 is 72.9 Å². The second-order valence-electron chi connectivity index (χ2n) is 21.9. The highest BCUT2D eigenvalue weighted by Gasteiger charge is 2.36. The molecule has 1 aromatic heterocycles. The normalized spacial score (nSPS) is 14.3. The number of hydrogen-bond donors (Lipinski definition) is 17. The number of phenolic OH excluding ortho intramolecular Hbond substituents is 1. The zero-order valence-corrected chi connectivity index (χ0v) is 48.8. The average Bonchev–Trinajstić information content (AvgIpc) is 4.13. The van der Waals surface area contributed by atoms with Crippen LogP contribution in [0.2, 0.25) is 0 Å². The number of carbonyl (C=O) groups excluding carboxylic acids is 10. The van der Waals surface area contributed by atoms with Gasteiger partial charge in [0.2, 0.25) is 59.1 Å². The zero-order chi connectivity index (χ0) is 64.1. The standard InChI is InChI=1S/C54H86N16O15/c1-27(2)20-37(66-45(76)33(55)13-16-42(56)72)49(80)68-39(22-29(5)6)50(81)67-38(21-28(3)4)48(79)63-34(8-7-19-61-54(58)59)46(77)64-35(15-18-44(74)75)47(78)70-41(24-31-25-60-26-62-31)52(83)69-40(23-30-9-11-32(71)12-10-30)51(82)65-36(53(84)85)14-17-43(57)73/h9-12,25-29,33-41,71H,7-8,13-24,55H2,1-6H3,(H2,56,72)(H2,57,73)(H,60,62)(H,63,79)(H,64,77)(H,65,82)(H,66,76)(H,67,81)(H,68,80)(H,69,83)(H,70,78)(H,74,75)(H,84,85)(H4,58,59,61)/t33-,34-,35-,36-,37-,38-,39-,40-,41-/m0/s1. The van der Waals surface area contributed by atoms with Crippen LogP contribution in [0.1, 0.15) is 123 Å².